The van der Waals surface area contributed by atoms with Crippen LogP contribution in [0.1, 0.15) is 27.2 Å². The van der Waals surface area contributed by atoms with Crippen LogP contribution in [0.4, 0.5) is 0 Å². The molecular formula is C20H30ClN3O3S. The van der Waals surface area contributed by atoms with E-state index in [2.05, 4.69) is 18.7 Å². The van der Waals surface area contributed by atoms with Gasteiger partial charge in [-0.3, -0.25) is 9.69 Å². The van der Waals surface area contributed by atoms with Gasteiger partial charge in [0, 0.05) is 44.3 Å². The maximum absolute atomic E-state index is 13.0. The molecule has 156 valence electrons. The first-order valence-corrected chi connectivity index (χ1v) is 11.8. The molecule has 0 saturated carbocycles. The molecule has 0 unspecified atom stereocenters. The van der Waals surface area contributed by atoms with Crippen LogP contribution in [0.25, 0.3) is 0 Å². The minimum absolute atomic E-state index is 0.157. The molecule has 1 aromatic carbocycles. The fourth-order valence-corrected chi connectivity index (χ4v) is 6.09. The van der Waals surface area contributed by atoms with E-state index in [1.807, 2.05) is 11.8 Å². The van der Waals surface area contributed by atoms with Gasteiger partial charge in [0.05, 0.1) is 10.9 Å². The van der Waals surface area contributed by atoms with Crippen molar-refractivity contribution in [1.82, 2.24) is 14.1 Å². The molecule has 2 aliphatic heterocycles. The highest BCUT2D eigenvalue weighted by Crippen LogP contribution is 2.24. The number of piperazine rings is 1. The largest absolute Gasteiger partial charge is 0.341 e. The van der Waals surface area contributed by atoms with Crippen molar-refractivity contribution in [3.8, 4) is 0 Å². The Labute approximate surface area is 173 Å². The standard InChI is InChI=1S/C20H30ClN3O3S/c1-15-11-16(2)14-23(13-15)20(25)17(3)22-7-9-24(10-8-22)28(26,27)19-6-4-5-18(21)12-19/h4-6,12,15-17H,7-11,13-14H2,1-3H3/t15-,16-,17-/m1/s1. The van der Waals surface area contributed by atoms with Crippen molar-refractivity contribution in [3.05, 3.63) is 29.3 Å². The van der Waals surface area contributed by atoms with Crippen LogP contribution in [0, 0.1) is 11.8 Å². The lowest BCUT2D eigenvalue weighted by atomic mass is 9.91. The summed E-state index contributed by atoms with van der Waals surface area (Å²) in [5, 5.41) is 0.406. The van der Waals surface area contributed by atoms with Gasteiger partial charge in [0.2, 0.25) is 15.9 Å². The first-order valence-electron chi connectivity index (χ1n) is 9.97. The lowest BCUT2D eigenvalue weighted by Crippen LogP contribution is -2.56. The zero-order chi connectivity index (χ0) is 20.5. The molecule has 3 atom stereocenters. The van der Waals surface area contributed by atoms with Gasteiger partial charge in [-0.15, -0.1) is 0 Å². The number of piperidine rings is 1. The molecule has 0 aromatic heterocycles. The first-order chi connectivity index (χ1) is 13.2. The summed E-state index contributed by atoms with van der Waals surface area (Å²) in [5.74, 6) is 1.21. The van der Waals surface area contributed by atoms with Crippen molar-refractivity contribution in [3.63, 3.8) is 0 Å². The van der Waals surface area contributed by atoms with Gasteiger partial charge in [0.1, 0.15) is 0 Å². The van der Waals surface area contributed by atoms with Gasteiger partial charge in [-0.1, -0.05) is 31.5 Å². The average molecular weight is 428 g/mol. The van der Waals surface area contributed by atoms with Crippen LogP contribution in [0.15, 0.2) is 29.2 Å². The third kappa shape index (κ3) is 4.70. The van der Waals surface area contributed by atoms with Crippen molar-refractivity contribution in [1.29, 1.82) is 0 Å². The van der Waals surface area contributed by atoms with Crippen LogP contribution in [0.2, 0.25) is 5.02 Å². The number of carbonyl (C=O) groups excluding carboxylic acids is 1. The number of halogens is 1. The Morgan fingerprint density at radius 1 is 1.11 bits per heavy atom. The number of hydrogen-bond donors (Lipinski definition) is 0. The molecule has 0 spiro atoms. The highest BCUT2D eigenvalue weighted by atomic mass is 35.5. The van der Waals surface area contributed by atoms with Gasteiger partial charge in [-0.2, -0.15) is 4.31 Å². The van der Waals surface area contributed by atoms with E-state index < -0.39 is 10.0 Å². The summed E-state index contributed by atoms with van der Waals surface area (Å²) in [6.45, 7) is 9.80. The van der Waals surface area contributed by atoms with Crippen molar-refractivity contribution < 1.29 is 13.2 Å². The molecule has 0 bridgehead atoms. The van der Waals surface area contributed by atoms with Crippen molar-refractivity contribution in [2.24, 2.45) is 11.8 Å². The summed E-state index contributed by atoms with van der Waals surface area (Å²) in [4.78, 5) is 17.3. The molecule has 6 nitrogen and oxygen atoms in total. The molecule has 2 heterocycles. The third-order valence-corrected chi connectivity index (χ3v) is 7.92. The minimum Gasteiger partial charge on any atom is -0.341 e. The Bertz CT molecular complexity index is 799. The molecule has 28 heavy (non-hydrogen) atoms. The zero-order valence-corrected chi connectivity index (χ0v) is 18.4. The van der Waals surface area contributed by atoms with Gasteiger partial charge in [0.15, 0.2) is 0 Å². The van der Waals surface area contributed by atoms with Crippen molar-refractivity contribution >= 4 is 27.5 Å². The second kappa shape index (κ2) is 8.69. The SMILES string of the molecule is C[C@@H]1C[C@@H](C)CN(C(=O)[C@@H](C)N2CCN(S(=O)(=O)c3cccc(Cl)c3)CC2)C1. The lowest BCUT2D eigenvalue weighted by Gasteiger charge is -2.41. The van der Waals surface area contributed by atoms with Gasteiger partial charge >= 0.3 is 0 Å². The fourth-order valence-electron chi connectivity index (χ4n) is 4.37. The van der Waals surface area contributed by atoms with E-state index in [-0.39, 0.29) is 16.8 Å². The van der Waals surface area contributed by atoms with Crippen molar-refractivity contribution in [2.75, 3.05) is 39.3 Å². The molecule has 2 fully saturated rings. The first kappa shape index (κ1) is 21.6. The molecule has 1 amide bonds. The van der Waals surface area contributed by atoms with Crippen LogP contribution < -0.4 is 0 Å². The van der Waals surface area contributed by atoms with Crippen LogP contribution in [-0.2, 0) is 14.8 Å². The van der Waals surface area contributed by atoms with E-state index >= 15 is 0 Å². The second-order valence-corrected chi connectivity index (χ2v) is 10.6. The number of amides is 1. The Morgan fingerprint density at radius 3 is 2.29 bits per heavy atom. The summed E-state index contributed by atoms with van der Waals surface area (Å²) >= 11 is 5.95. The van der Waals surface area contributed by atoms with Gasteiger partial charge in [-0.25, -0.2) is 8.42 Å². The third-order valence-electron chi connectivity index (χ3n) is 5.79. The summed E-state index contributed by atoms with van der Waals surface area (Å²) in [5.41, 5.74) is 0. The number of nitrogens with zero attached hydrogens (tertiary/aromatic N) is 3. The summed E-state index contributed by atoms with van der Waals surface area (Å²) in [6.07, 6.45) is 1.16. The molecular weight excluding hydrogens is 398 g/mol. The van der Waals surface area contributed by atoms with Crippen LogP contribution in [-0.4, -0.2) is 73.7 Å². The normalized spacial score (nSPS) is 26.2. The molecule has 0 N–H and O–H groups in total. The zero-order valence-electron chi connectivity index (χ0n) is 16.8. The summed E-state index contributed by atoms with van der Waals surface area (Å²) in [7, 11) is -3.56. The Morgan fingerprint density at radius 2 is 1.71 bits per heavy atom. The quantitative estimate of drug-likeness (QED) is 0.740. The van der Waals surface area contributed by atoms with Crippen LogP contribution in [0.3, 0.4) is 0 Å². The Kier molecular flexibility index (Phi) is 6.69. The molecule has 3 rings (SSSR count). The predicted octanol–water partition coefficient (Wildman–Crippen LogP) is 2.54. The highest BCUT2D eigenvalue weighted by molar-refractivity contribution is 7.89. The fraction of sp³-hybridized carbons (Fsp3) is 0.650. The van der Waals surface area contributed by atoms with E-state index in [0.29, 0.717) is 43.0 Å². The van der Waals surface area contributed by atoms with E-state index in [1.165, 1.54) is 10.4 Å². The topological polar surface area (TPSA) is 60.9 Å². The Hall–Kier alpha value is -1.15. The maximum Gasteiger partial charge on any atom is 0.243 e. The number of sulfonamides is 1. The van der Waals surface area contributed by atoms with Gasteiger partial charge in [-0.05, 0) is 43.4 Å². The molecule has 2 saturated heterocycles. The van der Waals surface area contributed by atoms with E-state index in [0.717, 1.165) is 19.5 Å². The lowest BCUT2D eigenvalue weighted by molar-refractivity contribution is -0.139. The number of rotatable bonds is 4. The number of likely N-dealkylation sites (tertiary alicyclic amines) is 1. The van der Waals surface area contributed by atoms with Gasteiger partial charge < -0.3 is 4.90 Å². The smallest absolute Gasteiger partial charge is 0.243 e. The highest BCUT2D eigenvalue weighted by Gasteiger charge is 2.34. The number of benzene rings is 1. The molecule has 0 aliphatic carbocycles. The average Bonchev–Trinajstić information content (AvgIpc) is 2.66. The minimum atomic E-state index is -3.56. The van der Waals surface area contributed by atoms with E-state index in [9.17, 15) is 13.2 Å². The monoisotopic (exact) mass is 427 g/mol. The van der Waals surface area contributed by atoms with Crippen LogP contribution in [0.5, 0.6) is 0 Å². The summed E-state index contributed by atoms with van der Waals surface area (Å²) in [6, 6.07) is 6.13. The maximum atomic E-state index is 13.0. The van der Waals surface area contributed by atoms with Crippen molar-refractivity contribution in [2.45, 2.75) is 38.1 Å². The Balaban J connectivity index is 1.61. The predicted molar refractivity (Wildman–Crippen MR) is 111 cm³/mol. The molecule has 2 aliphatic rings. The van der Waals surface area contributed by atoms with Gasteiger partial charge in [0.25, 0.3) is 0 Å². The van der Waals surface area contributed by atoms with Crippen LogP contribution >= 0.6 is 11.6 Å². The summed E-state index contributed by atoms with van der Waals surface area (Å²) < 4.78 is 27.2. The van der Waals surface area contributed by atoms with E-state index in [1.54, 1.807) is 18.2 Å². The van der Waals surface area contributed by atoms with E-state index in [4.69, 9.17) is 11.6 Å². The number of hydrogen-bond acceptors (Lipinski definition) is 4. The second-order valence-electron chi connectivity index (χ2n) is 8.26. The molecule has 8 heteroatoms. The number of carbonyl (C=O) groups is 1. The molecule has 0 radical (unpaired) electrons. The molecule has 1 aromatic rings.